The van der Waals surface area contributed by atoms with Gasteiger partial charge in [0.1, 0.15) is 0 Å². The van der Waals surface area contributed by atoms with Crippen LogP contribution in [0.1, 0.15) is 32.4 Å². The molecule has 92 valence electrons. The van der Waals surface area contributed by atoms with Crippen LogP contribution in [0.4, 0.5) is 0 Å². The Balaban J connectivity index is 2.33. The van der Waals surface area contributed by atoms with Crippen LogP contribution in [0, 0.1) is 0 Å². The molecule has 0 amide bonds. The van der Waals surface area contributed by atoms with Gasteiger partial charge in [-0.05, 0) is 38.9 Å². The lowest BCUT2D eigenvalue weighted by Crippen LogP contribution is -2.32. The van der Waals surface area contributed by atoms with Crippen molar-refractivity contribution in [3.63, 3.8) is 0 Å². The van der Waals surface area contributed by atoms with Gasteiger partial charge in [-0.1, -0.05) is 6.92 Å². The van der Waals surface area contributed by atoms with Crippen molar-refractivity contribution in [2.24, 2.45) is 7.05 Å². The summed E-state index contributed by atoms with van der Waals surface area (Å²) < 4.78 is 1.76. The van der Waals surface area contributed by atoms with Crippen molar-refractivity contribution in [2.45, 2.75) is 38.7 Å². The first-order valence-electron chi connectivity index (χ1n) is 5.95. The number of aliphatic hydroxyl groups is 1. The molecule has 0 radical (unpaired) electrons. The number of nitrogens with one attached hydrogen (secondary N) is 1. The second-order valence-electron chi connectivity index (χ2n) is 4.65. The van der Waals surface area contributed by atoms with Gasteiger partial charge in [-0.2, -0.15) is 5.10 Å². The molecule has 0 aromatic carbocycles. The van der Waals surface area contributed by atoms with Crippen LogP contribution >= 0.6 is 0 Å². The van der Waals surface area contributed by atoms with Crippen molar-refractivity contribution in [3.05, 3.63) is 18.0 Å². The van der Waals surface area contributed by atoms with Crippen LogP contribution < -0.4 is 5.32 Å². The van der Waals surface area contributed by atoms with Crippen LogP contribution in [0.3, 0.4) is 0 Å². The molecule has 1 atom stereocenters. The molecular weight excluding hydrogens is 202 g/mol. The molecule has 1 aromatic heterocycles. The molecule has 1 unspecified atom stereocenters. The lowest BCUT2D eigenvalue weighted by Gasteiger charge is -2.22. The maximum Gasteiger partial charge on any atom is 0.0687 e. The van der Waals surface area contributed by atoms with Crippen LogP contribution in [0.15, 0.2) is 12.3 Å². The fraction of sp³-hybridized carbons (Fsp3) is 0.750. The van der Waals surface area contributed by atoms with Gasteiger partial charge in [-0.25, -0.2) is 0 Å². The molecule has 1 heterocycles. The highest BCUT2D eigenvalue weighted by molar-refractivity contribution is 5.03. The monoisotopic (exact) mass is 225 g/mol. The minimum absolute atomic E-state index is 0.613. The third-order valence-electron chi connectivity index (χ3n) is 2.60. The van der Waals surface area contributed by atoms with Crippen LogP contribution in [-0.4, -0.2) is 33.6 Å². The average molecular weight is 225 g/mol. The first-order valence-corrected chi connectivity index (χ1v) is 5.95. The van der Waals surface area contributed by atoms with Gasteiger partial charge in [-0.3, -0.25) is 4.68 Å². The van der Waals surface area contributed by atoms with Gasteiger partial charge in [0.25, 0.3) is 0 Å². The molecule has 0 saturated heterocycles. The lowest BCUT2D eigenvalue weighted by molar-refractivity contribution is 0.0505. The summed E-state index contributed by atoms with van der Waals surface area (Å²) in [5, 5.41) is 17.8. The lowest BCUT2D eigenvalue weighted by atomic mass is 9.96. The molecule has 4 nitrogen and oxygen atoms in total. The minimum Gasteiger partial charge on any atom is -0.390 e. The molecule has 4 heteroatoms. The van der Waals surface area contributed by atoms with E-state index in [2.05, 4.69) is 17.3 Å². The third-order valence-corrected chi connectivity index (χ3v) is 2.60. The molecule has 0 aliphatic rings. The summed E-state index contributed by atoms with van der Waals surface area (Å²) in [6, 6.07) is 1.95. The molecule has 0 fully saturated rings. The molecule has 1 rings (SSSR count). The number of aromatic nitrogens is 2. The van der Waals surface area contributed by atoms with Crippen molar-refractivity contribution < 1.29 is 5.11 Å². The number of nitrogens with zero attached hydrogens (tertiary/aromatic N) is 2. The fourth-order valence-corrected chi connectivity index (χ4v) is 1.70. The highest BCUT2D eigenvalue weighted by Crippen LogP contribution is 2.14. The Morgan fingerprint density at radius 2 is 2.25 bits per heavy atom. The maximum absolute atomic E-state index is 10.2. The molecule has 0 aliphatic carbocycles. The second-order valence-corrected chi connectivity index (χ2v) is 4.65. The molecular formula is C12H23N3O. The van der Waals surface area contributed by atoms with Gasteiger partial charge < -0.3 is 10.4 Å². The molecule has 2 N–H and O–H groups in total. The first kappa shape index (κ1) is 13.2. The fourth-order valence-electron chi connectivity index (χ4n) is 1.70. The van der Waals surface area contributed by atoms with E-state index in [1.165, 1.54) is 0 Å². The molecule has 0 saturated carbocycles. The Bertz CT molecular complexity index is 307. The third kappa shape index (κ3) is 4.77. The number of hydrogen-bond acceptors (Lipinski definition) is 3. The van der Waals surface area contributed by atoms with Gasteiger partial charge >= 0.3 is 0 Å². The maximum atomic E-state index is 10.2. The molecule has 0 bridgehead atoms. The topological polar surface area (TPSA) is 50.1 Å². The second kappa shape index (κ2) is 6.01. The summed E-state index contributed by atoms with van der Waals surface area (Å²) >= 11 is 0. The number of rotatable bonds is 7. The zero-order valence-corrected chi connectivity index (χ0v) is 10.5. The Labute approximate surface area is 97.7 Å². The van der Waals surface area contributed by atoms with Gasteiger partial charge in [0.15, 0.2) is 0 Å². The Morgan fingerprint density at radius 1 is 1.50 bits per heavy atom. The molecule has 16 heavy (non-hydrogen) atoms. The van der Waals surface area contributed by atoms with Crippen molar-refractivity contribution >= 4 is 0 Å². The summed E-state index contributed by atoms with van der Waals surface area (Å²) in [5.74, 6) is 0. The van der Waals surface area contributed by atoms with E-state index in [1.807, 2.05) is 26.2 Å². The quantitative estimate of drug-likeness (QED) is 0.683. The van der Waals surface area contributed by atoms with Crippen LogP contribution in [0.25, 0.3) is 0 Å². The van der Waals surface area contributed by atoms with E-state index < -0.39 is 5.60 Å². The predicted octanol–water partition coefficient (Wildman–Crippen LogP) is 1.10. The summed E-state index contributed by atoms with van der Waals surface area (Å²) in [4.78, 5) is 0. The Morgan fingerprint density at radius 3 is 2.81 bits per heavy atom. The number of hydrogen-bond donors (Lipinski definition) is 2. The zero-order chi connectivity index (χ0) is 12.0. The van der Waals surface area contributed by atoms with Crippen molar-refractivity contribution in [1.29, 1.82) is 0 Å². The SMILES string of the molecule is CCCNCCC(C)(O)Cc1ccn(C)n1. The van der Waals surface area contributed by atoms with Crippen LogP contribution in [-0.2, 0) is 13.5 Å². The van der Waals surface area contributed by atoms with Gasteiger partial charge in [0.2, 0.25) is 0 Å². The molecule has 1 aromatic rings. The highest BCUT2D eigenvalue weighted by Gasteiger charge is 2.21. The van der Waals surface area contributed by atoms with Crippen molar-refractivity contribution in [2.75, 3.05) is 13.1 Å². The summed E-state index contributed by atoms with van der Waals surface area (Å²) in [7, 11) is 1.89. The van der Waals surface area contributed by atoms with Crippen LogP contribution in [0.5, 0.6) is 0 Å². The van der Waals surface area contributed by atoms with E-state index in [9.17, 15) is 5.11 Å². The van der Waals surface area contributed by atoms with Crippen LogP contribution in [0.2, 0.25) is 0 Å². The van der Waals surface area contributed by atoms with E-state index in [0.717, 1.165) is 31.6 Å². The largest absolute Gasteiger partial charge is 0.390 e. The van der Waals surface area contributed by atoms with E-state index in [-0.39, 0.29) is 0 Å². The Kier molecular flexibility index (Phi) is 4.96. The van der Waals surface area contributed by atoms with E-state index in [4.69, 9.17) is 0 Å². The minimum atomic E-state index is -0.672. The van der Waals surface area contributed by atoms with Gasteiger partial charge in [0.05, 0.1) is 11.3 Å². The van der Waals surface area contributed by atoms with E-state index in [1.54, 1.807) is 4.68 Å². The van der Waals surface area contributed by atoms with Gasteiger partial charge in [-0.15, -0.1) is 0 Å². The summed E-state index contributed by atoms with van der Waals surface area (Å²) in [6.45, 7) is 5.88. The van der Waals surface area contributed by atoms with Crippen molar-refractivity contribution in [3.8, 4) is 0 Å². The molecule has 0 aliphatic heterocycles. The smallest absolute Gasteiger partial charge is 0.0687 e. The Hall–Kier alpha value is -0.870. The zero-order valence-electron chi connectivity index (χ0n) is 10.5. The first-order chi connectivity index (χ1) is 7.53. The van der Waals surface area contributed by atoms with Crippen molar-refractivity contribution in [1.82, 2.24) is 15.1 Å². The average Bonchev–Trinajstić information content (AvgIpc) is 2.58. The molecule has 0 spiro atoms. The van der Waals surface area contributed by atoms with E-state index >= 15 is 0 Å². The predicted molar refractivity (Wildman–Crippen MR) is 65.3 cm³/mol. The normalized spacial score (nSPS) is 15.0. The highest BCUT2D eigenvalue weighted by atomic mass is 16.3. The summed E-state index contributed by atoms with van der Waals surface area (Å²) in [6.07, 6.45) is 4.40. The summed E-state index contributed by atoms with van der Waals surface area (Å²) in [5.41, 5.74) is 0.276. The number of aryl methyl sites for hydroxylation is 1. The standard InChI is InChI=1S/C12H23N3O/c1-4-7-13-8-6-12(2,16)10-11-5-9-15(3)14-11/h5,9,13,16H,4,6-8,10H2,1-3H3. The van der Waals surface area contributed by atoms with Gasteiger partial charge in [0, 0.05) is 19.7 Å². The van der Waals surface area contributed by atoms with E-state index in [0.29, 0.717) is 6.42 Å².